The van der Waals surface area contributed by atoms with Crippen LogP contribution in [0.5, 0.6) is 5.75 Å². The van der Waals surface area contributed by atoms with Crippen molar-refractivity contribution in [3.05, 3.63) is 48.0 Å². The van der Waals surface area contributed by atoms with E-state index in [4.69, 9.17) is 15.9 Å². The molecule has 1 aromatic heterocycles. The van der Waals surface area contributed by atoms with E-state index in [0.717, 1.165) is 0 Å². The van der Waals surface area contributed by atoms with Gasteiger partial charge in [0.25, 0.3) is 0 Å². The lowest BCUT2D eigenvalue weighted by Gasteiger charge is -2.23. The fourth-order valence-corrected chi connectivity index (χ4v) is 3.03. The van der Waals surface area contributed by atoms with Crippen LogP contribution in [0.15, 0.2) is 36.8 Å². The zero-order valence-electron chi connectivity index (χ0n) is 18.4. The van der Waals surface area contributed by atoms with Crippen LogP contribution >= 0.6 is 0 Å². The summed E-state index contributed by atoms with van der Waals surface area (Å²) in [6.45, 7) is -0.773. The summed E-state index contributed by atoms with van der Waals surface area (Å²) in [4.78, 5) is 66.3. The summed E-state index contributed by atoms with van der Waals surface area (Å²) in [5.74, 6) is -5.31. The topological polar surface area (TPSA) is 237 Å². The minimum atomic E-state index is -1.59. The molecule has 14 nitrogen and oxygen atoms in total. The molecular weight excluding hydrogens is 464 g/mol. The normalized spacial score (nSPS) is 13.2. The van der Waals surface area contributed by atoms with Crippen LogP contribution in [0, 0.1) is 0 Å². The van der Waals surface area contributed by atoms with E-state index < -0.39 is 60.8 Å². The predicted molar refractivity (Wildman–Crippen MR) is 119 cm³/mol. The summed E-state index contributed by atoms with van der Waals surface area (Å²) in [7, 11) is 0. The molecule has 14 heteroatoms. The number of nitrogens with zero attached hydrogens (tertiary/aromatic N) is 1. The van der Waals surface area contributed by atoms with E-state index in [1.165, 1.54) is 24.7 Å². The van der Waals surface area contributed by atoms with Gasteiger partial charge in [0.15, 0.2) is 0 Å². The molecule has 0 aliphatic rings. The van der Waals surface area contributed by atoms with Crippen molar-refractivity contribution in [1.82, 2.24) is 25.9 Å². The summed E-state index contributed by atoms with van der Waals surface area (Å²) in [6.07, 6.45) is 1.97. The number of carboxylic acid groups (broad SMARTS) is 2. The third-order valence-corrected chi connectivity index (χ3v) is 4.77. The van der Waals surface area contributed by atoms with Gasteiger partial charge in [-0.15, -0.1) is 0 Å². The average Bonchev–Trinajstić information content (AvgIpc) is 3.30. The first kappa shape index (κ1) is 26.8. The van der Waals surface area contributed by atoms with Gasteiger partial charge in [-0.25, -0.2) is 4.98 Å². The number of carboxylic acids is 2. The van der Waals surface area contributed by atoms with Crippen molar-refractivity contribution >= 4 is 29.7 Å². The predicted octanol–water partition coefficient (Wildman–Crippen LogP) is -2.13. The Bertz CT molecular complexity index is 1040. The van der Waals surface area contributed by atoms with E-state index in [-0.39, 0.29) is 18.6 Å². The molecule has 9 N–H and O–H groups in total. The van der Waals surface area contributed by atoms with Crippen LogP contribution in [0.1, 0.15) is 17.7 Å². The molecule has 0 fully saturated rings. The lowest BCUT2D eigenvalue weighted by atomic mass is 10.0. The van der Waals surface area contributed by atoms with Crippen molar-refractivity contribution in [1.29, 1.82) is 0 Å². The fraction of sp³-hybridized carbons (Fsp3) is 0.333. The molecule has 0 saturated heterocycles. The molecule has 0 saturated carbocycles. The largest absolute Gasteiger partial charge is 0.508 e. The maximum absolute atomic E-state index is 12.9. The zero-order valence-corrected chi connectivity index (χ0v) is 18.4. The number of hydrogen-bond acceptors (Lipinski definition) is 8. The number of nitrogens with one attached hydrogen (secondary N) is 4. The van der Waals surface area contributed by atoms with Crippen molar-refractivity contribution in [3.8, 4) is 5.75 Å². The van der Waals surface area contributed by atoms with Gasteiger partial charge in [0.1, 0.15) is 24.4 Å². The van der Waals surface area contributed by atoms with Gasteiger partial charge < -0.3 is 42.0 Å². The first-order valence-corrected chi connectivity index (χ1v) is 10.4. The standard InChI is InChI=1S/C21H26N6O8/c22-14(5-11-1-3-13(28)4-2-11)19(33)26-15(6-12-8-23-10-25-12)21(35)27-16(7-17(29)30)20(34)24-9-18(31)32/h1-4,8,10,14-16,28H,5-7,9,22H2,(H,23,25)(H,24,34)(H,26,33)(H,27,35)(H,29,30)(H,31,32). The summed E-state index contributed by atoms with van der Waals surface area (Å²) < 4.78 is 0. The van der Waals surface area contributed by atoms with Crippen molar-refractivity contribution in [2.24, 2.45) is 5.73 Å². The van der Waals surface area contributed by atoms with Crippen molar-refractivity contribution in [2.45, 2.75) is 37.4 Å². The van der Waals surface area contributed by atoms with E-state index in [1.54, 1.807) is 12.1 Å². The highest BCUT2D eigenvalue weighted by atomic mass is 16.4. The Morgan fingerprint density at radius 2 is 1.57 bits per heavy atom. The third-order valence-electron chi connectivity index (χ3n) is 4.77. The van der Waals surface area contributed by atoms with Crippen LogP contribution < -0.4 is 21.7 Å². The quantitative estimate of drug-likeness (QED) is 0.152. The number of aromatic nitrogens is 2. The van der Waals surface area contributed by atoms with E-state index in [2.05, 4.69) is 20.6 Å². The Labute approximate surface area is 198 Å². The van der Waals surface area contributed by atoms with Crippen molar-refractivity contribution in [3.63, 3.8) is 0 Å². The van der Waals surface area contributed by atoms with Gasteiger partial charge in [0.05, 0.1) is 18.8 Å². The minimum absolute atomic E-state index is 0.0476. The number of nitrogens with two attached hydrogens (primary N) is 1. The lowest BCUT2D eigenvalue weighted by molar-refractivity contribution is -0.141. The molecular formula is C21H26N6O8. The molecule has 1 heterocycles. The molecule has 3 amide bonds. The molecule has 35 heavy (non-hydrogen) atoms. The first-order chi connectivity index (χ1) is 16.5. The second-order valence-corrected chi connectivity index (χ2v) is 7.59. The molecule has 0 radical (unpaired) electrons. The molecule has 0 spiro atoms. The number of amides is 3. The number of hydrogen-bond donors (Lipinski definition) is 8. The number of H-pyrrole nitrogens is 1. The molecule has 0 bridgehead atoms. The second-order valence-electron chi connectivity index (χ2n) is 7.59. The number of aromatic amines is 1. The fourth-order valence-electron chi connectivity index (χ4n) is 3.03. The highest BCUT2D eigenvalue weighted by Gasteiger charge is 2.30. The number of phenolic OH excluding ortho intramolecular Hbond substituents is 1. The van der Waals surface area contributed by atoms with Gasteiger partial charge in [-0.05, 0) is 24.1 Å². The second kappa shape index (κ2) is 12.7. The van der Waals surface area contributed by atoms with Gasteiger partial charge in [-0.1, -0.05) is 12.1 Å². The van der Waals surface area contributed by atoms with E-state index in [1.807, 2.05) is 5.32 Å². The van der Waals surface area contributed by atoms with E-state index in [0.29, 0.717) is 11.3 Å². The van der Waals surface area contributed by atoms with Gasteiger partial charge in [-0.3, -0.25) is 24.0 Å². The SMILES string of the molecule is NC(Cc1ccc(O)cc1)C(=O)NC(Cc1cnc[nH]1)C(=O)NC(CC(=O)O)C(=O)NCC(=O)O. The Morgan fingerprint density at radius 3 is 2.14 bits per heavy atom. The molecule has 2 aromatic rings. The van der Waals surface area contributed by atoms with Gasteiger partial charge in [0.2, 0.25) is 17.7 Å². The minimum Gasteiger partial charge on any atom is -0.508 e. The smallest absolute Gasteiger partial charge is 0.322 e. The number of carbonyl (C=O) groups is 5. The van der Waals surface area contributed by atoms with Crippen LogP contribution in [-0.2, 0) is 36.8 Å². The molecule has 3 atom stereocenters. The molecule has 2 rings (SSSR count). The van der Waals surface area contributed by atoms with Gasteiger partial charge in [-0.2, -0.15) is 0 Å². The van der Waals surface area contributed by atoms with Crippen LogP contribution in [0.4, 0.5) is 0 Å². The first-order valence-electron chi connectivity index (χ1n) is 10.4. The van der Waals surface area contributed by atoms with E-state index >= 15 is 0 Å². The monoisotopic (exact) mass is 490 g/mol. The highest BCUT2D eigenvalue weighted by molar-refractivity contribution is 5.95. The van der Waals surface area contributed by atoms with Crippen LogP contribution in [0.3, 0.4) is 0 Å². The third kappa shape index (κ3) is 9.13. The Hall–Kier alpha value is -4.46. The maximum atomic E-state index is 12.9. The Kier molecular flexibility index (Phi) is 9.71. The van der Waals surface area contributed by atoms with Crippen molar-refractivity contribution in [2.75, 3.05) is 6.54 Å². The molecule has 3 unspecified atom stereocenters. The van der Waals surface area contributed by atoms with Gasteiger partial charge >= 0.3 is 11.9 Å². The van der Waals surface area contributed by atoms with Crippen molar-refractivity contribution < 1.29 is 39.3 Å². The summed E-state index contributed by atoms with van der Waals surface area (Å²) in [5, 5.41) is 33.9. The highest BCUT2D eigenvalue weighted by Crippen LogP contribution is 2.11. The molecule has 188 valence electrons. The maximum Gasteiger partial charge on any atom is 0.322 e. The zero-order chi connectivity index (χ0) is 26.0. The summed E-state index contributed by atoms with van der Waals surface area (Å²) in [6, 6.07) is 2.13. The van der Waals surface area contributed by atoms with E-state index in [9.17, 15) is 29.1 Å². The molecule has 0 aliphatic carbocycles. The Balaban J connectivity index is 2.13. The number of rotatable bonds is 13. The Morgan fingerprint density at radius 1 is 0.914 bits per heavy atom. The van der Waals surface area contributed by atoms with Gasteiger partial charge in [0, 0.05) is 18.3 Å². The number of carbonyl (C=O) groups excluding carboxylic acids is 3. The molecule has 0 aliphatic heterocycles. The molecule has 1 aromatic carbocycles. The van der Waals surface area contributed by atoms with Crippen LogP contribution in [0.25, 0.3) is 0 Å². The number of aliphatic carboxylic acids is 2. The number of aromatic hydroxyl groups is 1. The number of imidazole rings is 1. The number of phenols is 1. The van der Waals surface area contributed by atoms with Crippen LogP contribution in [0.2, 0.25) is 0 Å². The average molecular weight is 490 g/mol. The lowest BCUT2D eigenvalue weighted by Crippen LogP contribution is -2.57. The summed E-state index contributed by atoms with van der Waals surface area (Å²) in [5.41, 5.74) is 7.09. The number of benzene rings is 1. The summed E-state index contributed by atoms with van der Waals surface area (Å²) >= 11 is 0. The van der Waals surface area contributed by atoms with Crippen LogP contribution in [-0.4, -0.2) is 79.6 Å².